The van der Waals surface area contributed by atoms with Gasteiger partial charge in [-0.2, -0.15) is 0 Å². The number of anilines is 1. The SMILES string of the molecule is CN1C(=O)C2(CCCCC2)C(=O)c2ccccc21. The predicted octanol–water partition coefficient (Wildman–Crippen LogP) is 2.80. The summed E-state index contributed by atoms with van der Waals surface area (Å²) in [7, 11) is 1.78. The summed E-state index contributed by atoms with van der Waals surface area (Å²) in [6, 6.07) is 7.43. The molecule has 0 atom stereocenters. The van der Waals surface area contributed by atoms with Crippen molar-refractivity contribution in [2.75, 3.05) is 11.9 Å². The van der Waals surface area contributed by atoms with Gasteiger partial charge < -0.3 is 4.90 Å². The first-order valence-corrected chi connectivity index (χ1v) is 6.59. The van der Waals surface area contributed by atoms with Gasteiger partial charge in [0.05, 0.1) is 5.69 Å². The molecule has 0 unspecified atom stereocenters. The van der Waals surface area contributed by atoms with Crippen molar-refractivity contribution in [2.24, 2.45) is 5.41 Å². The third-order valence-corrected chi connectivity index (χ3v) is 4.37. The molecule has 3 rings (SSSR count). The van der Waals surface area contributed by atoms with E-state index < -0.39 is 5.41 Å². The number of nitrogens with zero attached hydrogens (tertiary/aromatic N) is 1. The van der Waals surface area contributed by atoms with Crippen LogP contribution in [0.4, 0.5) is 5.69 Å². The number of fused-ring (bicyclic) bond motifs is 1. The molecule has 3 heteroatoms. The van der Waals surface area contributed by atoms with E-state index in [1.165, 1.54) is 0 Å². The molecule has 94 valence electrons. The average Bonchev–Trinajstić information content (AvgIpc) is 2.44. The highest BCUT2D eigenvalue weighted by atomic mass is 16.2. The van der Waals surface area contributed by atoms with Gasteiger partial charge >= 0.3 is 0 Å². The van der Waals surface area contributed by atoms with Gasteiger partial charge in [-0.3, -0.25) is 9.59 Å². The number of para-hydroxylation sites is 1. The molecule has 0 radical (unpaired) electrons. The second kappa shape index (κ2) is 3.94. The first-order chi connectivity index (χ1) is 8.67. The van der Waals surface area contributed by atoms with Crippen LogP contribution >= 0.6 is 0 Å². The summed E-state index contributed by atoms with van der Waals surface area (Å²) in [5.41, 5.74) is 0.701. The molecule has 1 heterocycles. The van der Waals surface area contributed by atoms with Gasteiger partial charge in [-0.05, 0) is 25.0 Å². The van der Waals surface area contributed by atoms with Crippen LogP contribution < -0.4 is 4.90 Å². The van der Waals surface area contributed by atoms with E-state index in [0.29, 0.717) is 18.4 Å². The van der Waals surface area contributed by atoms with E-state index in [-0.39, 0.29) is 11.7 Å². The Morgan fingerprint density at radius 2 is 1.72 bits per heavy atom. The highest BCUT2D eigenvalue weighted by molar-refractivity contribution is 6.24. The number of carbonyl (C=O) groups excluding carboxylic acids is 2. The van der Waals surface area contributed by atoms with Crippen molar-refractivity contribution in [1.82, 2.24) is 0 Å². The molecule has 0 bridgehead atoms. The van der Waals surface area contributed by atoms with Gasteiger partial charge in [0.2, 0.25) is 5.91 Å². The fraction of sp³-hybridized carbons (Fsp3) is 0.467. The zero-order valence-corrected chi connectivity index (χ0v) is 10.6. The van der Waals surface area contributed by atoms with Crippen LogP contribution in [-0.4, -0.2) is 18.7 Å². The molecular formula is C15H17NO2. The predicted molar refractivity (Wildman–Crippen MR) is 69.7 cm³/mol. The maximum absolute atomic E-state index is 12.7. The molecule has 1 aromatic rings. The summed E-state index contributed by atoms with van der Waals surface area (Å²) >= 11 is 0. The number of Topliss-reactive ketones (excluding diaryl/α,β-unsaturated/α-hetero) is 1. The Balaban J connectivity index is 2.15. The summed E-state index contributed by atoms with van der Waals surface area (Å²) in [6.07, 6.45) is 4.52. The average molecular weight is 243 g/mol. The van der Waals surface area contributed by atoms with Gasteiger partial charge in [0.15, 0.2) is 5.78 Å². The number of hydrogen-bond donors (Lipinski definition) is 0. The van der Waals surface area contributed by atoms with Gasteiger partial charge in [-0.25, -0.2) is 0 Å². The highest BCUT2D eigenvalue weighted by Crippen LogP contribution is 2.45. The first kappa shape index (κ1) is 11.5. The second-order valence-electron chi connectivity index (χ2n) is 5.35. The topological polar surface area (TPSA) is 37.4 Å². The largest absolute Gasteiger partial charge is 0.314 e. The van der Waals surface area contributed by atoms with Crippen molar-refractivity contribution in [2.45, 2.75) is 32.1 Å². The van der Waals surface area contributed by atoms with Gasteiger partial charge in [-0.1, -0.05) is 31.4 Å². The Labute approximate surface area is 107 Å². The molecule has 3 nitrogen and oxygen atoms in total. The van der Waals surface area contributed by atoms with Crippen LogP contribution in [0, 0.1) is 5.41 Å². The summed E-state index contributed by atoms with van der Waals surface area (Å²) in [6.45, 7) is 0. The number of hydrogen-bond acceptors (Lipinski definition) is 2. The summed E-state index contributed by atoms with van der Waals surface area (Å²) in [4.78, 5) is 27.0. The van der Waals surface area contributed by atoms with E-state index in [1.54, 1.807) is 11.9 Å². The van der Waals surface area contributed by atoms with Crippen molar-refractivity contribution in [3.8, 4) is 0 Å². The Morgan fingerprint density at radius 3 is 2.44 bits per heavy atom. The monoisotopic (exact) mass is 243 g/mol. The normalized spacial score (nSPS) is 22.2. The maximum atomic E-state index is 12.7. The van der Waals surface area contributed by atoms with E-state index in [4.69, 9.17) is 0 Å². The molecule has 1 amide bonds. The van der Waals surface area contributed by atoms with Gasteiger partial charge in [0.1, 0.15) is 5.41 Å². The lowest BCUT2D eigenvalue weighted by Crippen LogP contribution is -2.52. The Kier molecular flexibility index (Phi) is 2.51. The summed E-state index contributed by atoms with van der Waals surface area (Å²) < 4.78 is 0. The van der Waals surface area contributed by atoms with E-state index in [2.05, 4.69) is 0 Å². The van der Waals surface area contributed by atoms with Crippen LogP contribution in [0.15, 0.2) is 24.3 Å². The summed E-state index contributed by atoms with van der Waals surface area (Å²) in [5.74, 6) is 0.0341. The molecule has 0 aromatic heterocycles. The van der Waals surface area contributed by atoms with Crippen LogP contribution in [0.3, 0.4) is 0 Å². The lowest BCUT2D eigenvalue weighted by atomic mass is 9.66. The lowest BCUT2D eigenvalue weighted by Gasteiger charge is -2.41. The Bertz CT molecular complexity index is 515. The second-order valence-corrected chi connectivity index (χ2v) is 5.35. The molecule has 1 aliphatic heterocycles. The Morgan fingerprint density at radius 1 is 1.06 bits per heavy atom. The number of ketones is 1. The standard InChI is InChI=1S/C15H17NO2/c1-16-12-8-4-3-7-11(12)13(17)15(14(16)18)9-5-2-6-10-15/h3-4,7-8H,2,5-6,9-10H2,1H3. The molecule has 1 spiro atoms. The third kappa shape index (κ3) is 1.36. The smallest absolute Gasteiger partial charge is 0.240 e. The number of carbonyl (C=O) groups is 2. The molecule has 1 aromatic carbocycles. The van der Waals surface area contributed by atoms with Gasteiger partial charge in [0.25, 0.3) is 0 Å². The Hall–Kier alpha value is -1.64. The minimum Gasteiger partial charge on any atom is -0.314 e. The minimum atomic E-state index is -0.763. The molecule has 0 N–H and O–H groups in total. The molecule has 0 saturated heterocycles. The lowest BCUT2D eigenvalue weighted by molar-refractivity contribution is -0.127. The molecular weight excluding hydrogens is 226 g/mol. The molecule has 1 fully saturated rings. The van der Waals surface area contributed by atoms with E-state index in [1.807, 2.05) is 24.3 Å². The molecule has 1 aliphatic carbocycles. The van der Waals surface area contributed by atoms with E-state index >= 15 is 0 Å². The molecule has 2 aliphatic rings. The van der Waals surface area contributed by atoms with Gasteiger partial charge in [-0.15, -0.1) is 0 Å². The van der Waals surface area contributed by atoms with Crippen LogP contribution in [0.1, 0.15) is 42.5 Å². The highest BCUT2D eigenvalue weighted by Gasteiger charge is 2.51. The number of benzene rings is 1. The van der Waals surface area contributed by atoms with Crippen molar-refractivity contribution in [3.63, 3.8) is 0 Å². The third-order valence-electron chi connectivity index (χ3n) is 4.37. The first-order valence-electron chi connectivity index (χ1n) is 6.59. The summed E-state index contributed by atoms with van der Waals surface area (Å²) in [5, 5.41) is 0. The van der Waals surface area contributed by atoms with E-state index in [9.17, 15) is 9.59 Å². The van der Waals surface area contributed by atoms with E-state index in [0.717, 1.165) is 24.9 Å². The maximum Gasteiger partial charge on any atom is 0.240 e. The van der Waals surface area contributed by atoms with Crippen LogP contribution in [0.2, 0.25) is 0 Å². The van der Waals surface area contributed by atoms with Crippen LogP contribution in [0.25, 0.3) is 0 Å². The van der Waals surface area contributed by atoms with Crippen molar-refractivity contribution < 1.29 is 9.59 Å². The van der Waals surface area contributed by atoms with Crippen molar-refractivity contribution in [3.05, 3.63) is 29.8 Å². The zero-order valence-electron chi connectivity index (χ0n) is 10.6. The number of amides is 1. The van der Waals surface area contributed by atoms with Crippen LogP contribution in [-0.2, 0) is 4.79 Å². The molecule has 18 heavy (non-hydrogen) atoms. The fourth-order valence-corrected chi connectivity index (χ4v) is 3.34. The minimum absolute atomic E-state index is 0.00843. The van der Waals surface area contributed by atoms with Crippen molar-refractivity contribution in [1.29, 1.82) is 0 Å². The van der Waals surface area contributed by atoms with Gasteiger partial charge in [0, 0.05) is 12.6 Å². The van der Waals surface area contributed by atoms with Crippen LogP contribution in [0.5, 0.6) is 0 Å². The number of rotatable bonds is 0. The quantitative estimate of drug-likeness (QED) is 0.657. The van der Waals surface area contributed by atoms with Crippen molar-refractivity contribution >= 4 is 17.4 Å². The fourth-order valence-electron chi connectivity index (χ4n) is 3.34. The zero-order chi connectivity index (χ0) is 12.8. The molecule has 1 saturated carbocycles.